The molecule has 1 aliphatic rings. The molecule has 2 unspecified atom stereocenters. The normalized spacial score (nSPS) is 20.6. The summed E-state index contributed by atoms with van der Waals surface area (Å²) in [6, 6.07) is 7.84. The first-order valence-corrected chi connectivity index (χ1v) is 9.27. The summed E-state index contributed by atoms with van der Waals surface area (Å²) in [6.07, 6.45) is 4.52. The lowest BCUT2D eigenvalue weighted by molar-refractivity contribution is 0.0735. The molecule has 1 aromatic carbocycles. The van der Waals surface area contributed by atoms with Crippen molar-refractivity contribution in [3.63, 3.8) is 0 Å². The van der Waals surface area contributed by atoms with Crippen LogP contribution in [0.1, 0.15) is 35.9 Å². The smallest absolute Gasteiger partial charge is 0.276 e. The number of carbonyl (C=O) groups is 1. The van der Waals surface area contributed by atoms with Gasteiger partial charge in [-0.05, 0) is 37.8 Å². The number of hydrogen-bond donors (Lipinski definition) is 1. The minimum atomic E-state index is -0.348. The lowest BCUT2D eigenvalue weighted by Gasteiger charge is -2.21. The van der Waals surface area contributed by atoms with Crippen LogP contribution in [0, 0.1) is 12.8 Å². The topological polar surface area (TPSA) is 84.1 Å². The Morgan fingerprint density at radius 1 is 1.30 bits per heavy atom. The molecular formula is C20H23N5O2. The fourth-order valence-electron chi connectivity index (χ4n) is 3.81. The number of fused-ring (bicyclic) bond motifs is 1. The monoisotopic (exact) mass is 365 g/mol. The summed E-state index contributed by atoms with van der Waals surface area (Å²) < 4.78 is 1.71. The summed E-state index contributed by atoms with van der Waals surface area (Å²) >= 11 is 0. The Balaban J connectivity index is 1.69. The Morgan fingerprint density at radius 2 is 2.15 bits per heavy atom. The second-order valence-corrected chi connectivity index (χ2v) is 7.34. The molecule has 0 aliphatic carbocycles. The standard InChI is InChI=1S/C20H23N5O2/c1-13-10-16(26)7-9-24(12-13)20(27)19-14(2)25(23-22-19)18-5-3-4-15-11-21-8-6-17(15)18/h3-6,8,11,13,16,26H,7,9-10,12H2,1-2H3. The highest BCUT2D eigenvalue weighted by Crippen LogP contribution is 2.24. The summed E-state index contributed by atoms with van der Waals surface area (Å²) in [5.41, 5.74) is 1.95. The molecule has 7 nitrogen and oxygen atoms in total. The van der Waals surface area contributed by atoms with Gasteiger partial charge in [0.05, 0.1) is 17.5 Å². The van der Waals surface area contributed by atoms with E-state index in [4.69, 9.17) is 0 Å². The maximum absolute atomic E-state index is 13.1. The number of aliphatic hydroxyl groups excluding tert-OH is 1. The molecule has 1 amide bonds. The van der Waals surface area contributed by atoms with Gasteiger partial charge in [0.2, 0.25) is 0 Å². The Hall–Kier alpha value is -2.80. The Bertz CT molecular complexity index is 978. The second-order valence-electron chi connectivity index (χ2n) is 7.34. The van der Waals surface area contributed by atoms with Crippen molar-refractivity contribution in [2.45, 2.75) is 32.8 Å². The minimum absolute atomic E-state index is 0.124. The highest BCUT2D eigenvalue weighted by Gasteiger charge is 2.28. The molecule has 3 aromatic rings. The first-order chi connectivity index (χ1) is 13.0. The van der Waals surface area contributed by atoms with Crippen LogP contribution in [-0.2, 0) is 0 Å². The Labute approximate surface area is 157 Å². The van der Waals surface area contributed by atoms with E-state index in [9.17, 15) is 9.90 Å². The molecule has 2 aromatic heterocycles. The van der Waals surface area contributed by atoms with Crippen LogP contribution < -0.4 is 0 Å². The molecular weight excluding hydrogens is 342 g/mol. The number of aromatic nitrogens is 4. The molecule has 27 heavy (non-hydrogen) atoms. The molecule has 1 saturated heterocycles. The average Bonchev–Trinajstić information content (AvgIpc) is 2.95. The van der Waals surface area contributed by atoms with Gasteiger partial charge in [-0.3, -0.25) is 9.78 Å². The second kappa shape index (κ2) is 7.08. The van der Waals surface area contributed by atoms with Crippen molar-refractivity contribution in [1.29, 1.82) is 0 Å². The van der Waals surface area contributed by atoms with Crippen LogP contribution in [0.4, 0.5) is 0 Å². The third-order valence-corrected chi connectivity index (χ3v) is 5.21. The van der Waals surface area contributed by atoms with Gasteiger partial charge in [0.1, 0.15) is 0 Å². The molecule has 2 atom stereocenters. The first kappa shape index (κ1) is 17.6. The zero-order valence-corrected chi connectivity index (χ0v) is 15.5. The predicted molar refractivity (Wildman–Crippen MR) is 102 cm³/mol. The van der Waals surface area contributed by atoms with E-state index in [-0.39, 0.29) is 17.9 Å². The summed E-state index contributed by atoms with van der Waals surface area (Å²) in [6.45, 7) is 5.09. The van der Waals surface area contributed by atoms with Crippen LogP contribution in [0.2, 0.25) is 0 Å². The van der Waals surface area contributed by atoms with Gasteiger partial charge in [-0.25, -0.2) is 4.68 Å². The third-order valence-electron chi connectivity index (χ3n) is 5.21. The van der Waals surface area contributed by atoms with E-state index in [2.05, 4.69) is 22.2 Å². The zero-order valence-electron chi connectivity index (χ0n) is 15.5. The number of carbonyl (C=O) groups excluding carboxylic acids is 1. The van der Waals surface area contributed by atoms with Crippen LogP contribution in [0.3, 0.4) is 0 Å². The van der Waals surface area contributed by atoms with Gasteiger partial charge < -0.3 is 10.0 Å². The lowest BCUT2D eigenvalue weighted by Crippen LogP contribution is -2.34. The number of benzene rings is 1. The highest BCUT2D eigenvalue weighted by molar-refractivity contribution is 5.94. The molecule has 1 N–H and O–H groups in total. The number of pyridine rings is 1. The van der Waals surface area contributed by atoms with Crippen molar-refractivity contribution in [3.05, 3.63) is 48.0 Å². The average molecular weight is 365 g/mol. The maximum Gasteiger partial charge on any atom is 0.276 e. The van der Waals surface area contributed by atoms with Crippen LogP contribution in [-0.4, -0.2) is 55.1 Å². The summed E-state index contributed by atoms with van der Waals surface area (Å²) in [7, 11) is 0. The Kier molecular flexibility index (Phi) is 4.61. The van der Waals surface area contributed by atoms with Crippen molar-refractivity contribution in [1.82, 2.24) is 24.9 Å². The number of nitrogens with zero attached hydrogens (tertiary/aromatic N) is 5. The number of hydrogen-bond acceptors (Lipinski definition) is 5. The molecule has 1 fully saturated rings. The quantitative estimate of drug-likeness (QED) is 0.754. The lowest BCUT2D eigenvalue weighted by atomic mass is 10.0. The molecule has 0 radical (unpaired) electrons. The maximum atomic E-state index is 13.1. The van der Waals surface area contributed by atoms with Gasteiger partial charge in [-0.1, -0.05) is 24.3 Å². The van der Waals surface area contributed by atoms with Crippen molar-refractivity contribution in [3.8, 4) is 5.69 Å². The van der Waals surface area contributed by atoms with Crippen molar-refractivity contribution in [2.24, 2.45) is 5.92 Å². The van der Waals surface area contributed by atoms with E-state index in [0.717, 1.165) is 22.9 Å². The van der Waals surface area contributed by atoms with Crippen LogP contribution in [0.15, 0.2) is 36.7 Å². The van der Waals surface area contributed by atoms with Crippen molar-refractivity contribution < 1.29 is 9.90 Å². The van der Waals surface area contributed by atoms with Gasteiger partial charge in [-0.15, -0.1) is 5.10 Å². The summed E-state index contributed by atoms with van der Waals surface area (Å²) in [4.78, 5) is 19.0. The van der Waals surface area contributed by atoms with Gasteiger partial charge in [-0.2, -0.15) is 0 Å². The number of rotatable bonds is 2. The first-order valence-electron chi connectivity index (χ1n) is 9.27. The van der Waals surface area contributed by atoms with Crippen LogP contribution >= 0.6 is 0 Å². The van der Waals surface area contributed by atoms with Crippen molar-refractivity contribution >= 4 is 16.7 Å². The van der Waals surface area contributed by atoms with E-state index < -0.39 is 0 Å². The fraction of sp³-hybridized carbons (Fsp3) is 0.400. The molecule has 140 valence electrons. The summed E-state index contributed by atoms with van der Waals surface area (Å²) in [5.74, 6) is 0.133. The van der Waals surface area contributed by atoms with Crippen LogP contribution in [0.25, 0.3) is 16.5 Å². The number of likely N-dealkylation sites (tertiary alicyclic amines) is 1. The molecule has 1 aliphatic heterocycles. The van der Waals surface area contributed by atoms with E-state index in [0.29, 0.717) is 30.9 Å². The van der Waals surface area contributed by atoms with E-state index >= 15 is 0 Å². The fourth-order valence-corrected chi connectivity index (χ4v) is 3.81. The van der Waals surface area contributed by atoms with E-state index in [1.807, 2.05) is 31.2 Å². The SMILES string of the molecule is Cc1c(C(=O)N2CCC(O)CC(C)C2)nnn1-c1cccc2cnccc12. The van der Waals surface area contributed by atoms with Gasteiger partial charge in [0.15, 0.2) is 5.69 Å². The largest absolute Gasteiger partial charge is 0.393 e. The molecule has 0 saturated carbocycles. The molecule has 0 bridgehead atoms. The zero-order chi connectivity index (χ0) is 19.0. The molecule has 7 heteroatoms. The number of aliphatic hydroxyl groups is 1. The molecule has 0 spiro atoms. The van der Waals surface area contributed by atoms with Crippen LogP contribution in [0.5, 0.6) is 0 Å². The highest BCUT2D eigenvalue weighted by atomic mass is 16.3. The van der Waals surface area contributed by atoms with Gasteiger partial charge >= 0.3 is 0 Å². The van der Waals surface area contributed by atoms with E-state index in [1.54, 1.807) is 22.0 Å². The predicted octanol–water partition coefficient (Wildman–Crippen LogP) is 2.36. The van der Waals surface area contributed by atoms with Gasteiger partial charge in [0.25, 0.3) is 5.91 Å². The third kappa shape index (κ3) is 3.30. The van der Waals surface area contributed by atoms with E-state index in [1.165, 1.54) is 0 Å². The minimum Gasteiger partial charge on any atom is -0.393 e. The molecule has 3 heterocycles. The summed E-state index contributed by atoms with van der Waals surface area (Å²) in [5, 5.41) is 20.4. The molecule has 4 rings (SSSR count). The number of amides is 1. The van der Waals surface area contributed by atoms with Gasteiger partial charge in [0, 0.05) is 36.3 Å². The van der Waals surface area contributed by atoms with Crippen molar-refractivity contribution in [2.75, 3.05) is 13.1 Å². The Morgan fingerprint density at radius 3 is 3.00 bits per heavy atom.